The highest BCUT2D eigenvalue weighted by molar-refractivity contribution is 5.85. The molecule has 32 heavy (non-hydrogen) atoms. The van der Waals surface area contributed by atoms with Gasteiger partial charge in [0.25, 0.3) is 5.56 Å². The van der Waals surface area contributed by atoms with Crippen LogP contribution in [0.5, 0.6) is 0 Å². The van der Waals surface area contributed by atoms with E-state index >= 15 is 0 Å². The van der Waals surface area contributed by atoms with Gasteiger partial charge in [-0.05, 0) is 29.8 Å². The fraction of sp³-hybridized carbons (Fsp3) is 0.160. The molecule has 0 saturated heterocycles. The van der Waals surface area contributed by atoms with E-state index in [-0.39, 0.29) is 5.56 Å². The number of benzene rings is 2. The van der Waals surface area contributed by atoms with E-state index in [1.165, 1.54) is 11.5 Å². The maximum atomic E-state index is 13.6. The molecule has 0 amide bonds. The number of anilines is 2. The molecule has 160 valence electrons. The van der Waals surface area contributed by atoms with Gasteiger partial charge < -0.3 is 15.0 Å². The van der Waals surface area contributed by atoms with E-state index in [0.717, 1.165) is 11.3 Å². The zero-order valence-corrected chi connectivity index (χ0v) is 17.5. The summed E-state index contributed by atoms with van der Waals surface area (Å²) >= 11 is 0. The highest BCUT2D eigenvalue weighted by atomic mass is 16.5. The van der Waals surface area contributed by atoms with Crippen molar-refractivity contribution < 1.29 is 9.53 Å². The van der Waals surface area contributed by atoms with Gasteiger partial charge in [0.1, 0.15) is 11.5 Å². The highest BCUT2D eigenvalue weighted by Gasteiger charge is 2.47. The molecule has 0 radical (unpaired) electrons. The molecular formula is C25H22N4O3. The van der Waals surface area contributed by atoms with Crippen LogP contribution < -0.4 is 15.8 Å². The number of hydrogen-bond acceptors (Lipinski definition) is 6. The SMILES string of the molecule is COC(=O)[C@@H]1[C@H](Nc2ccccc2)c2c(nc3ccccn3c2=O)N1Cc1ccccc1. The minimum atomic E-state index is -0.756. The number of nitrogens with zero attached hydrogens (tertiary/aromatic N) is 3. The van der Waals surface area contributed by atoms with Gasteiger partial charge in [-0.1, -0.05) is 54.6 Å². The number of esters is 1. The molecule has 4 aromatic rings. The Morgan fingerprint density at radius 3 is 2.41 bits per heavy atom. The fourth-order valence-corrected chi connectivity index (χ4v) is 4.25. The molecule has 1 N–H and O–H groups in total. The molecule has 2 aromatic heterocycles. The summed E-state index contributed by atoms with van der Waals surface area (Å²) in [5, 5.41) is 3.39. The molecular weight excluding hydrogens is 404 g/mol. The Labute approximate surface area is 184 Å². The Hall–Kier alpha value is -4.13. The Morgan fingerprint density at radius 1 is 1.00 bits per heavy atom. The minimum Gasteiger partial charge on any atom is -0.467 e. The summed E-state index contributed by atoms with van der Waals surface area (Å²) in [6.45, 7) is 0.413. The van der Waals surface area contributed by atoms with E-state index in [0.29, 0.717) is 23.6 Å². The molecule has 1 aliphatic heterocycles. The van der Waals surface area contributed by atoms with Crippen molar-refractivity contribution in [1.29, 1.82) is 0 Å². The van der Waals surface area contributed by atoms with Gasteiger partial charge in [-0.2, -0.15) is 0 Å². The van der Waals surface area contributed by atoms with Crippen LogP contribution in [0.3, 0.4) is 0 Å². The van der Waals surface area contributed by atoms with Crippen LogP contribution in [0.2, 0.25) is 0 Å². The lowest BCUT2D eigenvalue weighted by Gasteiger charge is -2.28. The molecule has 2 aromatic carbocycles. The molecule has 7 nitrogen and oxygen atoms in total. The van der Waals surface area contributed by atoms with Gasteiger partial charge in [-0.25, -0.2) is 9.78 Å². The number of aromatic nitrogens is 2. The van der Waals surface area contributed by atoms with Crippen molar-refractivity contribution in [2.24, 2.45) is 0 Å². The lowest BCUT2D eigenvalue weighted by atomic mass is 10.0. The number of carbonyl (C=O) groups excluding carboxylic acids is 1. The van der Waals surface area contributed by atoms with E-state index in [4.69, 9.17) is 9.72 Å². The second kappa shape index (κ2) is 8.19. The van der Waals surface area contributed by atoms with Gasteiger partial charge in [0, 0.05) is 18.4 Å². The maximum Gasteiger partial charge on any atom is 0.331 e. The Bertz CT molecular complexity index is 1320. The monoisotopic (exact) mass is 426 g/mol. The van der Waals surface area contributed by atoms with E-state index in [2.05, 4.69) is 5.32 Å². The molecule has 2 atom stereocenters. The van der Waals surface area contributed by atoms with Crippen molar-refractivity contribution in [3.63, 3.8) is 0 Å². The largest absolute Gasteiger partial charge is 0.467 e. The number of pyridine rings is 1. The van der Waals surface area contributed by atoms with Crippen LogP contribution in [0.15, 0.2) is 89.9 Å². The first-order valence-corrected chi connectivity index (χ1v) is 10.4. The van der Waals surface area contributed by atoms with E-state index in [1.54, 1.807) is 18.3 Å². The zero-order chi connectivity index (χ0) is 22.1. The second-order valence-electron chi connectivity index (χ2n) is 7.65. The van der Waals surface area contributed by atoms with Gasteiger partial charge in [-0.15, -0.1) is 0 Å². The maximum absolute atomic E-state index is 13.6. The molecule has 7 heteroatoms. The number of para-hydroxylation sites is 1. The predicted molar refractivity (Wildman–Crippen MR) is 123 cm³/mol. The van der Waals surface area contributed by atoms with E-state index in [9.17, 15) is 9.59 Å². The first-order valence-electron chi connectivity index (χ1n) is 10.4. The van der Waals surface area contributed by atoms with E-state index in [1.807, 2.05) is 71.6 Å². The summed E-state index contributed by atoms with van der Waals surface area (Å²) in [5.74, 6) is 0.0645. The average molecular weight is 426 g/mol. The number of fused-ring (bicyclic) bond motifs is 2. The molecule has 0 fully saturated rings. The predicted octanol–water partition coefficient (Wildman–Crippen LogP) is 3.41. The average Bonchev–Trinajstić information content (AvgIpc) is 3.13. The second-order valence-corrected chi connectivity index (χ2v) is 7.65. The summed E-state index contributed by atoms with van der Waals surface area (Å²) in [7, 11) is 1.36. The standard InChI is InChI=1S/C25H22N4O3/c1-32-25(31)22-21(26-18-12-6-3-7-13-18)20-23(29(22)16-17-10-4-2-5-11-17)27-19-14-8-9-15-28(19)24(20)30/h2-15,21-22,26H,16H2,1H3/t21-,22+/m1/s1. The van der Waals surface area contributed by atoms with Crippen LogP contribution in [0, 0.1) is 0 Å². The van der Waals surface area contributed by atoms with Crippen LogP contribution in [0.4, 0.5) is 11.5 Å². The molecule has 0 saturated carbocycles. The Morgan fingerprint density at radius 2 is 1.69 bits per heavy atom. The van der Waals surface area contributed by atoms with Gasteiger partial charge in [0.05, 0.1) is 18.7 Å². The number of carbonyl (C=O) groups is 1. The summed E-state index contributed by atoms with van der Waals surface area (Å²) < 4.78 is 6.69. The number of methoxy groups -OCH3 is 1. The minimum absolute atomic E-state index is 0.205. The van der Waals surface area contributed by atoms with Gasteiger partial charge in [0.2, 0.25) is 0 Å². The normalized spacial score (nSPS) is 17.2. The third kappa shape index (κ3) is 3.37. The third-order valence-corrected chi connectivity index (χ3v) is 5.72. The van der Waals surface area contributed by atoms with Crippen LogP contribution in [-0.2, 0) is 16.1 Å². The molecule has 0 unspecified atom stereocenters. The van der Waals surface area contributed by atoms with Crippen LogP contribution in [0.25, 0.3) is 5.65 Å². The first kappa shape index (κ1) is 19.8. The highest BCUT2D eigenvalue weighted by Crippen LogP contribution is 2.40. The number of nitrogens with one attached hydrogen (secondary N) is 1. The van der Waals surface area contributed by atoms with E-state index < -0.39 is 18.1 Å². The summed E-state index contributed by atoms with van der Waals surface area (Å²) in [4.78, 5) is 33.3. The van der Waals surface area contributed by atoms with Crippen LogP contribution in [0.1, 0.15) is 17.2 Å². The quantitative estimate of drug-likeness (QED) is 0.493. The fourth-order valence-electron chi connectivity index (χ4n) is 4.25. The van der Waals surface area contributed by atoms with Gasteiger partial charge in [-0.3, -0.25) is 9.20 Å². The van der Waals surface area contributed by atoms with Crippen molar-refractivity contribution in [3.05, 3.63) is 107 Å². The zero-order valence-electron chi connectivity index (χ0n) is 17.5. The van der Waals surface area contributed by atoms with Crippen molar-refractivity contribution in [2.45, 2.75) is 18.6 Å². The van der Waals surface area contributed by atoms with Crippen LogP contribution >= 0.6 is 0 Å². The molecule has 5 rings (SSSR count). The molecule has 0 spiro atoms. The van der Waals surface area contributed by atoms with Crippen molar-refractivity contribution in [3.8, 4) is 0 Å². The molecule has 1 aliphatic rings. The van der Waals surface area contributed by atoms with Crippen molar-refractivity contribution in [2.75, 3.05) is 17.3 Å². The smallest absolute Gasteiger partial charge is 0.331 e. The lowest BCUT2D eigenvalue weighted by Crippen LogP contribution is -2.43. The molecule has 0 bridgehead atoms. The summed E-state index contributed by atoms with van der Waals surface area (Å²) in [6.07, 6.45) is 1.69. The summed E-state index contributed by atoms with van der Waals surface area (Å²) in [5.41, 5.74) is 2.57. The Balaban J connectivity index is 1.71. The number of hydrogen-bond donors (Lipinski definition) is 1. The topological polar surface area (TPSA) is 75.9 Å². The van der Waals surface area contributed by atoms with Crippen molar-refractivity contribution >= 4 is 23.1 Å². The van der Waals surface area contributed by atoms with Crippen molar-refractivity contribution in [1.82, 2.24) is 9.38 Å². The number of rotatable bonds is 5. The summed E-state index contributed by atoms with van der Waals surface area (Å²) in [6, 6.07) is 23.4. The van der Waals surface area contributed by atoms with Gasteiger partial charge in [0.15, 0.2) is 6.04 Å². The third-order valence-electron chi connectivity index (χ3n) is 5.72. The lowest BCUT2D eigenvalue weighted by molar-refractivity contribution is -0.142. The van der Waals surface area contributed by atoms with Gasteiger partial charge >= 0.3 is 5.97 Å². The first-order chi connectivity index (χ1) is 15.7. The van der Waals surface area contributed by atoms with Crippen LogP contribution in [-0.4, -0.2) is 28.5 Å². The number of ether oxygens (including phenoxy) is 1. The molecule has 3 heterocycles. The molecule has 0 aliphatic carbocycles. The Kier molecular flexibility index (Phi) is 5.07.